The van der Waals surface area contributed by atoms with Crippen LogP contribution in [0.15, 0.2) is 0 Å². The number of ether oxygens (including phenoxy) is 1. The summed E-state index contributed by atoms with van der Waals surface area (Å²) in [6, 6.07) is 0. The van der Waals surface area contributed by atoms with E-state index in [0.717, 1.165) is 6.42 Å². The highest BCUT2D eigenvalue weighted by atomic mass is 32.1. The summed E-state index contributed by atoms with van der Waals surface area (Å²) < 4.78 is 5.05. The summed E-state index contributed by atoms with van der Waals surface area (Å²) in [4.78, 5) is 11.1. The molecule has 4 heteroatoms. The van der Waals surface area contributed by atoms with Gasteiger partial charge in [0.05, 0.1) is 0 Å². The molecule has 0 aromatic rings. The molecular formula is C9H19NO2S. The second kappa shape index (κ2) is 5.37. The number of nitrogens with one attached hydrogen (secondary N) is 1. The molecule has 0 aliphatic rings. The minimum atomic E-state index is -0.428. The van der Waals surface area contributed by atoms with Crippen molar-refractivity contribution in [2.75, 3.05) is 6.54 Å². The first-order valence-electron chi connectivity index (χ1n) is 4.50. The molecule has 0 heterocycles. The molecule has 0 aromatic heterocycles. The molecule has 78 valence electrons. The Bertz CT molecular complexity index is 165. The van der Waals surface area contributed by atoms with Crippen molar-refractivity contribution in [3.8, 4) is 0 Å². The van der Waals surface area contributed by atoms with E-state index in [9.17, 15) is 4.79 Å². The van der Waals surface area contributed by atoms with Crippen LogP contribution in [0.1, 0.15) is 34.1 Å². The van der Waals surface area contributed by atoms with Crippen molar-refractivity contribution in [1.29, 1.82) is 0 Å². The minimum absolute atomic E-state index is 0.201. The van der Waals surface area contributed by atoms with Crippen LogP contribution in [0.3, 0.4) is 0 Å². The fraction of sp³-hybridized carbons (Fsp3) is 0.889. The van der Waals surface area contributed by atoms with Crippen molar-refractivity contribution in [3.05, 3.63) is 0 Å². The van der Waals surface area contributed by atoms with Crippen molar-refractivity contribution in [2.45, 2.75) is 45.0 Å². The molecule has 0 aliphatic heterocycles. The van der Waals surface area contributed by atoms with Gasteiger partial charge in [0.25, 0.3) is 0 Å². The molecule has 0 aliphatic carbocycles. The molecule has 0 saturated heterocycles. The predicted molar refractivity (Wildman–Crippen MR) is 57.3 cm³/mol. The Morgan fingerprint density at radius 3 is 2.46 bits per heavy atom. The Labute approximate surface area is 85.6 Å². The number of carbonyl (C=O) groups excluding carboxylic acids is 1. The van der Waals surface area contributed by atoms with Crippen LogP contribution in [-0.2, 0) is 4.74 Å². The molecule has 1 atom stereocenters. The first-order chi connectivity index (χ1) is 5.85. The van der Waals surface area contributed by atoms with Crippen molar-refractivity contribution in [2.24, 2.45) is 0 Å². The predicted octanol–water partition coefficient (Wildman–Crippen LogP) is 2.22. The van der Waals surface area contributed by atoms with Crippen LogP contribution < -0.4 is 5.32 Å². The molecule has 1 unspecified atom stereocenters. The van der Waals surface area contributed by atoms with E-state index in [1.165, 1.54) is 0 Å². The number of hydrogen-bond acceptors (Lipinski definition) is 3. The fourth-order valence-corrected chi connectivity index (χ4v) is 0.751. The van der Waals surface area contributed by atoms with E-state index >= 15 is 0 Å². The molecule has 1 N–H and O–H groups in total. The van der Waals surface area contributed by atoms with E-state index in [1.807, 2.05) is 27.7 Å². The van der Waals surface area contributed by atoms with E-state index in [4.69, 9.17) is 4.74 Å². The molecule has 0 spiro atoms. The Kier molecular flexibility index (Phi) is 5.21. The summed E-state index contributed by atoms with van der Waals surface area (Å²) in [5.74, 6) is 0. The molecule has 0 saturated carbocycles. The highest BCUT2D eigenvalue weighted by Crippen LogP contribution is 2.06. The highest BCUT2D eigenvalue weighted by molar-refractivity contribution is 7.81. The van der Waals surface area contributed by atoms with E-state index in [2.05, 4.69) is 17.9 Å². The van der Waals surface area contributed by atoms with Gasteiger partial charge in [-0.05, 0) is 27.2 Å². The van der Waals surface area contributed by atoms with Crippen LogP contribution in [0.2, 0.25) is 0 Å². The zero-order chi connectivity index (χ0) is 10.5. The Balaban J connectivity index is 3.64. The first-order valence-corrected chi connectivity index (χ1v) is 5.01. The van der Waals surface area contributed by atoms with E-state index in [1.54, 1.807) is 0 Å². The monoisotopic (exact) mass is 205 g/mol. The molecule has 0 radical (unpaired) electrons. The third-order valence-corrected chi connectivity index (χ3v) is 1.90. The molecule has 0 aromatic carbocycles. The molecule has 1 amide bonds. The number of hydrogen-bond donors (Lipinski definition) is 2. The summed E-state index contributed by atoms with van der Waals surface area (Å²) in [5, 5.41) is 2.85. The molecular weight excluding hydrogens is 186 g/mol. The summed E-state index contributed by atoms with van der Waals surface area (Å²) in [5.41, 5.74) is -0.428. The van der Waals surface area contributed by atoms with Crippen molar-refractivity contribution < 1.29 is 9.53 Å². The van der Waals surface area contributed by atoms with Gasteiger partial charge in [-0.3, -0.25) is 0 Å². The lowest BCUT2D eigenvalue weighted by Crippen LogP contribution is -2.35. The Morgan fingerprint density at radius 2 is 2.08 bits per heavy atom. The SMILES string of the molecule is CCC(S)CNC(=O)OC(C)(C)C. The molecule has 0 bridgehead atoms. The number of amides is 1. The second-order valence-electron chi connectivity index (χ2n) is 3.94. The lowest BCUT2D eigenvalue weighted by molar-refractivity contribution is 0.0528. The van der Waals surface area contributed by atoms with Gasteiger partial charge in [0, 0.05) is 11.8 Å². The van der Waals surface area contributed by atoms with Crippen LogP contribution in [0.5, 0.6) is 0 Å². The minimum Gasteiger partial charge on any atom is -0.444 e. The highest BCUT2D eigenvalue weighted by Gasteiger charge is 2.15. The molecule has 13 heavy (non-hydrogen) atoms. The van der Waals surface area contributed by atoms with Gasteiger partial charge in [-0.2, -0.15) is 12.6 Å². The third kappa shape index (κ3) is 7.96. The molecule has 0 fully saturated rings. The average Bonchev–Trinajstić information content (AvgIpc) is 1.97. The van der Waals surface area contributed by atoms with Crippen molar-refractivity contribution in [1.82, 2.24) is 5.32 Å². The molecule has 3 nitrogen and oxygen atoms in total. The van der Waals surface area contributed by atoms with Crippen LogP contribution in [0.4, 0.5) is 4.79 Å². The quantitative estimate of drug-likeness (QED) is 0.693. The molecule has 0 rings (SSSR count). The normalized spacial score (nSPS) is 13.6. The van der Waals surface area contributed by atoms with E-state index in [-0.39, 0.29) is 11.3 Å². The maximum absolute atomic E-state index is 11.1. The van der Waals surface area contributed by atoms with Crippen molar-refractivity contribution in [3.63, 3.8) is 0 Å². The third-order valence-electron chi connectivity index (χ3n) is 1.35. The largest absolute Gasteiger partial charge is 0.444 e. The Hall–Kier alpha value is -0.380. The topological polar surface area (TPSA) is 38.3 Å². The van der Waals surface area contributed by atoms with Gasteiger partial charge in [0.15, 0.2) is 0 Å². The fourth-order valence-electron chi connectivity index (χ4n) is 0.660. The number of rotatable bonds is 3. The summed E-state index contributed by atoms with van der Waals surface area (Å²) >= 11 is 4.25. The summed E-state index contributed by atoms with van der Waals surface area (Å²) in [6.45, 7) is 8.09. The van der Waals surface area contributed by atoms with Crippen LogP contribution >= 0.6 is 12.6 Å². The van der Waals surface area contributed by atoms with Gasteiger partial charge in [0.2, 0.25) is 0 Å². The average molecular weight is 205 g/mol. The second-order valence-corrected chi connectivity index (χ2v) is 4.68. The van der Waals surface area contributed by atoms with Crippen molar-refractivity contribution >= 4 is 18.7 Å². The summed E-state index contributed by atoms with van der Waals surface area (Å²) in [6.07, 6.45) is 0.554. The van der Waals surface area contributed by atoms with E-state index < -0.39 is 5.60 Å². The lowest BCUT2D eigenvalue weighted by Gasteiger charge is -2.20. The standard InChI is InChI=1S/C9H19NO2S/c1-5-7(13)6-10-8(11)12-9(2,3)4/h7,13H,5-6H2,1-4H3,(H,10,11). The van der Waals surface area contributed by atoms with Gasteiger partial charge in [0.1, 0.15) is 5.60 Å². The Morgan fingerprint density at radius 1 is 1.54 bits per heavy atom. The van der Waals surface area contributed by atoms with E-state index in [0.29, 0.717) is 6.54 Å². The number of alkyl carbamates (subject to hydrolysis) is 1. The van der Waals surface area contributed by atoms with Crippen LogP contribution in [0, 0.1) is 0 Å². The van der Waals surface area contributed by atoms with Gasteiger partial charge in [-0.25, -0.2) is 4.79 Å². The maximum atomic E-state index is 11.1. The van der Waals surface area contributed by atoms with Crippen LogP contribution in [0.25, 0.3) is 0 Å². The maximum Gasteiger partial charge on any atom is 0.407 e. The van der Waals surface area contributed by atoms with Gasteiger partial charge in [-0.15, -0.1) is 0 Å². The van der Waals surface area contributed by atoms with Gasteiger partial charge in [-0.1, -0.05) is 6.92 Å². The first kappa shape index (κ1) is 12.6. The van der Waals surface area contributed by atoms with Crippen LogP contribution in [-0.4, -0.2) is 23.5 Å². The number of carbonyl (C=O) groups is 1. The summed E-state index contributed by atoms with van der Waals surface area (Å²) in [7, 11) is 0. The number of thiol groups is 1. The lowest BCUT2D eigenvalue weighted by atomic mass is 10.2. The smallest absolute Gasteiger partial charge is 0.407 e. The van der Waals surface area contributed by atoms with Gasteiger partial charge < -0.3 is 10.1 Å². The zero-order valence-electron chi connectivity index (χ0n) is 8.76. The zero-order valence-corrected chi connectivity index (χ0v) is 9.65. The van der Waals surface area contributed by atoms with Gasteiger partial charge >= 0.3 is 6.09 Å².